The Labute approximate surface area is 168 Å². The van der Waals surface area contributed by atoms with Crippen molar-refractivity contribution in [3.05, 3.63) is 23.8 Å². The number of unbranched alkanes of at least 4 members (excludes halogenated alkanes) is 13. The summed E-state index contributed by atoms with van der Waals surface area (Å²) in [5, 5.41) is 9.78. The first kappa shape index (κ1) is 25.1. The maximum Gasteiger partial charge on any atom is 0.160 e. The first-order valence-corrected chi connectivity index (χ1v) is 10.7. The van der Waals surface area contributed by atoms with Crippen LogP contribution >= 0.6 is 12.4 Å². The van der Waals surface area contributed by atoms with Crippen molar-refractivity contribution in [1.29, 1.82) is 0 Å². The number of aromatic hydroxyl groups is 1. The quantitative estimate of drug-likeness (QED) is 0.292. The molecule has 0 atom stereocenters. The highest BCUT2D eigenvalue weighted by molar-refractivity contribution is 5.85. The van der Waals surface area contributed by atoms with Gasteiger partial charge in [0.05, 0.1) is 6.61 Å². The van der Waals surface area contributed by atoms with Crippen LogP contribution in [-0.2, 0) is 0 Å². The minimum Gasteiger partial charge on any atom is -0.504 e. The average molecular weight is 385 g/mol. The Bertz CT molecular complexity index is 434. The molecule has 0 radical (unpaired) electrons. The van der Waals surface area contributed by atoms with Crippen molar-refractivity contribution in [3.8, 4) is 11.5 Å². The number of phenolic OH excluding ortho intramolecular Hbond substituents is 1. The van der Waals surface area contributed by atoms with E-state index in [2.05, 4.69) is 6.92 Å². The van der Waals surface area contributed by atoms with Crippen molar-refractivity contribution >= 4 is 12.4 Å². The van der Waals surface area contributed by atoms with Gasteiger partial charge in [0, 0.05) is 0 Å². The van der Waals surface area contributed by atoms with Crippen LogP contribution in [0.5, 0.6) is 11.5 Å². The summed E-state index contributed by atoms with van der Waals surface area (Å²) in [6.45, 7) is 4.95. The van der Waals surface area contributed by atoms with Gasteiger partial charge < -0.3 is 9.84 Å². The second-order valence-electron chi connectivity index (χ2n) is 7.42. The third-order valence-electron chi connectivity index (χ3n) is 4.87. The van der Waals surface area contributed by atoms with Crippen molar-refractivity contribution in [2.75, 3.05) is 6.61 Å². The van der Waals surface area contributed by atoms with Gasteiger partial charge in [-0.15, -0.1) is 12.4 Å². The number of rotatable bonds is 16. The average Bonchev–Trinajstić information content (AvgIpc) is 2.60. The predicted octanol–water partition coefficient (Wildman–Crippen LogP) is 7.98. The summed E-state index contributed by atoms with van der Waals surface area (Å²) < 4.78 is 5.65. The topological polar surface area (TPSA) is 29.5 Å². The van der Waals surface area contributed by atoms with E-state index in [9.17, 15) is 5.11 Å². The van der Waals surface area contributed by atoms with E-state index in [1.165, 1.54) is 83.5 Å². The number of benzene rings is 1. The lowest BCUT2D eigenvalue weighted by Crippen LogP contribution is -1.97. The lowest BCUT2D eigenvalue weighted by Gasteiger charge is -2.08. The molecule has 0 heterocycles. The molecule has 0 aromatic heterocycles. The van der Waals surface area contributed by atoms with Crippen molar-refractivity contribution in [3.63, 3.8) is 0 Å². The van der Waals surface area contributed by atoms with Gasteiger partial charge in [-0.2, -0.15) is 0 Å². The number of hydrogen-bond acceptors (Lipinski definition) is 2. The first-order chi connectivity index (χ1) is 12.2. The maximum absolute atomic E-state index is 9.78. The predicted molar refractivity (Wildman–Crippen MR) is 116 cm³/mol. The molecule has 3 heteroatoms. The van der Waals surface area contributed by atoms with E-state index in [-0.39, 0.29) is 18.2 Å². The summed E-state index contributed by atoms with van der Waals surface area (Å²) in [5.74, 6) is 0.866. The van der Waals surface area contributed by atoms with Crippen LogP contribution in [0.25, 0.3) is 0 Å². The molecule has 0 aliphatic rings. The van der Waals surface area contributed by atoms with Gasteiger partial charge in [-0.05, 0) is 31.0 Å². The molecule has 1 rings (SSSR count). The molecular formula is C23H41ClO2. The SMILES string of the molecule is CCCCCCCCCCCCCCCCOc1ccc(C)cc1O.Cl. The molecular weight excluding hydrogens is 344 g/mol. The molecule has 152 valence electrons. The highest BCUT2D eigenvalue weighted by Gasteiger charge is 2.01. The molecule has 0 bridgehead atoms. The molecule has 1 aromatic carbocycles. The van der Waals surface area contributed by atoms with Crippen LogP contribution in [0.1, 0.15) is 102 Å². The highest BCUT2D eigenvalue weighted by Crippen LogP contribution is 2.26. The second kappa shape index (κ2) is 17.5. The molecule has 1 aromatic rings. The molecule has 0 amide bonds. The zero-order valence-corrected chi connectivity index (χ0v) is 17.9. The zero-order valence-electron chi connectivity index (χ0n) is 17.1. The van der Waals surface area contributed by atoms with Crippen LogP contribution in [-0.4, -0.2) is 11.7 Å². The number of hydrogen-bond donors (Lipinski definition) is 1. The monoisotopic (exact) mass is 384 g/mol. The lowest BCUT2D eigenvalue weighted by atomic mass is 10.0. The van der Waals surface area contributed by atoms with Crippen molar-refractivity contribution in [2.24, 2.45) is 0 Å². The molecule has 0 aliphatic heterocycles. The fraction of sp³-hybridized carbons (Fsp3) is 0.739. The smallest absolute Gasteiger partial charge is 0.160 e. The highest BCUT2D eigenvalue weighted by atomic mass is 35.5. The van der Waals surface area contributed by atoms with E-state index in [1.807, 2.05) is 19.1 Å². The Balaban J connectivity index is 0.00000625. The Morgan fingerprint density at radius 1 is 0.731 bits per heavy atom. The molecule has 0 saturated carbocycles. The van der Waals surface area contributed by atoms with Crippen LogP contribution in [0, 0.1) is 6.92 Å². The second-order valence-corrected chi connectivity index (χ2v) is 7.42. The van der Waals surface area contributed by atoms with E-state index in [4.69, 9.17) is 4.74 Å². The molecule has 0 unspecified atom stereocenters. The fourth-order valence-electron chi connectivity index (χ4n) is 3.23. The third kappa shape index (κ3) is 13.3. The minimum atomic E-state index is 0. The summed E-state index contributed by atoms with van der Waals surface area (Å²) in [6, 6.07) is 5.58. The van der Waals surface area contributed by atoms with Crippen LogP contribution < -0.4 is 4.74 Å². The Morgan fingerprint density at radius 3 is 1.65 bits per heavy atom. The molecule has 26 heavy (non-hydrogen) atoms. The number of aryl methyl sites for hydroxylation is 1. The van der Waals surface area contributed by atoms with Crippen molar-refractivity contribution < 1.29 is 9.84 Å². The third-order valence-corrected chi connectivity index (χ3v) is 4.87. The van der Waals surface area contributed by atoms with Gasteiger partial charge in [-0.1, -0.05) is 96.5 Å². The minimum absolute atomic E-state index is 0. The van der Waals surface area contributed by atoms with Crippen LogP contribution in [0.4, 0.5) is 0 Å². The fourth-order valence-corrected chi connectivity index (χ4v) is 3.23. The van der Waals surface area contributed by atoms with Gasteiger partial charge >= 0.3 is 0 Å². The summed E-state index contributed by atoms with van der Waals surface area (Å²) in [5.41, 5.74) is 1.06. The van der Waals surface area contributed by atoms with Gasteiger partial charge in [0.1, 0.15) is 0 Å². The van der Waals surface area contributed by atoms with E-state index in [0.717, 1.165) is 12.0 Å². The van der Waals surface area contributed by atoms with Crippen LogP contribution in [0.2, 0.25) is 0 Å². The first-order valence-electron chi connectivity index (χ1n) is 10.7. The standard InChI is InChI=1S/C23H40O2.ClH/c1-3-4-5-6-7-8-9-10-11-12-13-14-15-16-19-25-23-18-17-21(2)20-22(23)24;/h17-18,20,24H,3-16,19H2,1-2H3;1H. The Hall–Kier alpha value is -0.890. The molecule has 0 aliphatic carbocycles. The van der Waals surface area contributed by atoms with E-state index in [1.54, 1.807) is 6.07 Å². The largest absolute Gasteiger partial charge is 0.504 e. The van der Waals surface area contributed by atoms with Gasteiger partial charge in [0.15, 0.2) is 11.5 Å². The van der Waals surface area contributed by atoms with Gasteiger partial charge in [0.2, 0.25) is 0 Å². The van der Waals surface area contributed by atoms with Gasteiger partial charge in [0.25, 0.3) is 0 Å². The lowest BCUT2D eigenvalue weighted by molar-refractivity contribution is 0.288. The van der Waals surface area contributed by atoms with E-state index in [0.29, 0.717) is 12.4 Å². The molecule has 0 spiro atoms. The zero-order chi connectivity index (χ0) is 18.2. The number of phenols is 1. The maximum atomic E-state index is 9.78. The Kier molecular flexibility index (Phi) is 16.9. The van der Waals surface area contributed by atoms with Crippen LogP contribution in [0.15, 0.2) is 18.2 Å². The summed E-state index contributed by atoms with van der Waals surface area (Å²) >= 11 is 0. The normalized spacial score (nSPS) is 10.5. The Morgan fingerprint density at radius 2 is 1.19 bits per heavy atom. The van der Waals surface area contributed by atoms with Gasteiger partial charge in [-0.3, -0.25) is 0 Å². The van der Waals surface area contributed by atoms with E-state index < -0.39 is 0 Å². The molecule has 1 N–H and O–H groups in total. The van der Waals surface area contributed by atoms with E-state index >= 15 is 0 Å². The van der Waals surface area contributed by atoms with Crippen molar-refractivity contribution in [2.45, 2.75) is 104 Å². The molecule has 2 nitrogen and oxygen atoms in total. The summed E-state index contributed by atoms with van der Waals surface area (Å²) in [4.78, 5) is 0. The number of halogens is 1. The van der Waals surface area contributed by atoms with Crippen LogP contribution in [0.3, 0.4) is 0 Å². The van der Waals surface area contributed by atoms with Crippen molar-refractivity contribution in [1.82, 2.24) is 0 Å². The molecule has 0 saturated heterocycles. The molecule has 0 fully saturated rings. The van der Waals surface area contributed by atoms with Gasteiger partial charge in [-0.25, -0.2) is 0 Å². The number of ether oxygens (including phenoxy) is 1. The summed E-state index contributed by atoms with van der Waals surface area (Å²) in [7, 11) is 0. The summed E-state index contributed by atoms with van der Waals surface area (Å²) in [6.07, 6.45) is 19.1.